The second-order valence-corrected chi connectivity index (χ2v) is 12.3. The normalized spacial score (nSPS) is 44.0. The van der Waals surface area contributed by atoms with Crippen molar-refractivity contribution in [1.82, 2.24) is 0 Å². The first-order chi connectivity index (χ1) is 14.4. The van der Waals surface area contributed by atoms with Gasteiger partial charge in [0.15, 0.2) is 0 Å². The molecule has 3 heteroatoms. The highest BCUT2D eigenvalue weighted by Crippen LogP contribution is 2.51. The summed E-state index contributed by atoms with van der Waals surface area (Å²) in [4.78, 5) is 0. The third-order valence-electron chi connectivity index (χ3n) is 10.1. The summed E-state index contributed by atoms with van der Waals surface area (Å²) < 4.78 is 6.51. The maximum Gasteiger partial charge on any atom is 0.0580 e. The van der Waals surface area contributed by atoms with Gasteiger partial charge in [0.1, 0.15) is 0 Å². The van der Waals surface area contributed by atoms with E-state index in [0.29, 0.717) is 29.7 Å². The Kier molecular flexibility index (Phi) is 7.85. The van der Waals surface area contributed by atoms with E-state index in [1.165, 1.54) is 89.9 Å². The lowest BCUT2D eigenvalue weighted by Crippen LogP contribution is -2.40. The van der Waals surface area contributed by atoms with Gasteiger partial charge in [-0.05, 0) is 132 Å². The number of nitrogens with two attached hydrogens (primary N) is 2. The maximum absolute atomic E-state index is 6.51. The fourth-order valence-corrected chi connectivity index (χ4v) is 7.72. The van der Waals surface area contributed by atoms with E-state index in [2.05, 4.69) is 13.8 Å². The molecule has 4 aliphatic carbocycles. The van der Waals surface area contributed by atoms with Crippen molar-refractivity contribution < 1.29 is 4.74 Å². The van der Waals surface area contributed by atoms with Crippen LogP contribution < -0.4 is 11.5 Å². The zero-order chi connectivity index (χ0) is 21.1. The van der Waals surface area contributed by atoms with Crippen LogP contribution in [0, 0.1) is 29.1 Å². The monoisotopic (exact) mass is 418 g/mol. The molecule has 0 aromatic heterocycles. The molecule has 4 aliphatic rings. The van der Waals surface area contributed by atoms with Gasteiger partial charge in [0.05, 0.1) is 12.2 Å². The molecule has 0 aliphatic heterocycles. The van der Waals surface area contributed by atoms with Gasteiger partial charge in [-0.1, -0.05) is 13.8 Å². The van der Waals surface area contributed by atoms with E-state index in [-0.39, 0.29) is 0 Å². The van der Waals surface area contributed by atoms with Crippen LogP contribution in [0.3, 0.4) is 0 Å². The van der Waals surface area contributed by atoms with Gasteiger partial charge in [-0.15, -0.1) is 0 Å². The quantitative estimate of drug-likeness (QED) is 0.560. The van der Waals surface area contributed by atoms with Crippen molar-refractivity contribution in [2.45, 2.75) is 141 Å². The van der Waals surface area contributed by atoms with E-state index >= 15 is 0 Å². The van der Waals surface area contributed by atoms with Gasteiger partial charge in [-0.2, -0.15) is 0 Å². The molecule has 0 bridgehead atoms. The molecule has 4 N–H and O–H groups in total. The minimum atomic E-state index is 0.423. The fraction of sp³-hybridized carbons (Fsp3) is 1.00. The highest BCUT2D eigenvalue weighted by atomic mass is 16.5. The number of hydrogen-bond donors (Lipinski definition) is 2. The average Bonchev–Trinajstić information content (AvgIpc) is 2.76. The molecule has 4 rings (SSSR count). The standard InChI is InChI=1S/C27H50N2O/c1-27(2,21-7-3-19(4-8-21)20-5-11-23(28)12-6-20)22-9-15-25(16-10-22)30-26-17-13-24(29)14-18-26/h19-26H,3-18,28-29H2,1-2H3. The van der Waals surface area contributed by atoms with Crippen molar-refractivity contribution in [3.63, 3.8) is 0 Å². The predicted octanol–water partition coefficient (Wildman–Crippen LogP) is 6.18. The highest BCUT2D eigenvalue weighted by molar-refractivity contribution is 4.92. The molecule has 0 spiro atoms. The Morgan fingerprint density at radius 2 is 0.833 bits per heavy atom. The van der Waals surface area contributed by atoms with Gasteiger partial charge in [0.2, 0.25) is 0 Å². The molecule has 0 aromatic carbocycles. The first kappa shape index (κ1) is 23.1. The summed E-state index contributed by atoms with van der Waals surface area (Å²) >= 11 is 0. The van der Waals surface area contributed by atoms with E-state index in [9.17, 15) is 0 Å². The van der Waals surface area contributed by atoms with Crippen molar-refractivity contribution in [2.75, 3.05) is 0 Å². The first-order valence-electron chi connectivity index (χ1n) is 13.6. The molecule has 4 fully saturated rings. The van der Waals surface area contributed by atoms with Crippen LogP contribution in [0.5, 0.6) is 0 Å². The topological polar surface area (TPSA) is 61.3 Å². The molecule has 174 valence electrons. The smallest absolute Gasteiger partial charge is 0.0580 e. The average molecular weight is 419 g/mol. The van der Waals surface area contributed by atoms with Crippen LogP contribution in [0.15, 0.2) is 0 Å². The Morgan fingerprint density at radius 1 is 0.500 bits per heavy atom. The summed E-state index contributed by atoms with van der Waals surface area (Å²) in [5, 5.41) is 0. The van der Waals surface area contributed by atoms with Crippen LogP contribution in [0.1, 0.15) is 117 Å². The lowest BCUT2D eigenvalue weighted by molar-refractivity contribution is -0.0671. The molecule has 0 amide bonds. The molecule has 0 heterocycles. The van der Waals surface area contributed by atoms with Crippen LogP contribution in [0.2, 0.25) is 0 Å². The number of hydrogen-bond acceptors (Lipinski definition) is 3. The second kappa shape index (κ2) is 10.2. The number of rotatable bonds is 5. The molecule has 30 heavy (non-hydrogen) atoms. The second-order valence-electron chi connectivity index (χ2n) is 12.3. The SMILES string of the molecule is CC(C)(C1CCC(OC2CCC(N)CC2)CC1)C1CCC(C2CCC(N)CC2)CC1. The number of ether oxygens (including phenoxy) is 1. The van der Waals surface area contributed by atoms with Crippen molar-refractivity contribution in [3.05, 3.63) is 0 Å². The molecule has 0 radical (unpaired) electrons. The van der Waals surface area contributed by atoms with E-state index in [1.807, 2.05) is 0 Å². The molecule has 3 nitrogen and oxygen atoms in total. The first-order valence-corrected chi connectivity index (χ1v) is 13.6. The lowest BCUT2D eigenvalue weighted by Gasteiger charge is -2.48. The zero-order valence-electron chi connectivity index (χ0n) is 20.0. The van der Waals surface area contributed by atoms with Crippen molar-refractivity contribution >= 4 is 0 Å². The zero-order valence-corrected chi connectivity index (χ0v) is 20.0. The third-order valence-corrected chi connectivity index (χ3v) is 10.1. The van der Waals surface area contributed by atoms with E-state index < -0.39 is 0 Å². The van der Waals surface area contributed by atoms with Gasteiger partial charge in [0.25, 0.3) is 0 Å². The molecule has 0 atom stereocenters. The third kappa shape index (κ3) is 5.62. The summed E-state index contributed by atoms with van der Waals surface area (Å²) in [5.74, 6) is 3.81. The van der Waals surface area contributed by atoms with Crippen LogP contribution in [-0.2, 0) is 4.74 Å². The highest BCUT2D eigenvalue weighted by Gasteiger charge is 2.42. The molecule has 0 aromatic rings. The van der Waals surface area contributed by atoms with Crippen LogP contribution in [-0.4, -0.2) is 24.3 Å². The Labute approximate surface area is 186 Å². The maximum atomic E-state index is 6.51. The van der Waals surface area contributed by atoms with Crippen molar-refractivity contribution in [2.24, 2.45) is 40.6 Å². The Hall–Kier alpha value is -0.120. The minimum Gasteiger partial charge on any atom is -0.375 e. The molecule has 4 saturated carbocycles. The Bertz CT molecular complexity index is 503. The summed E-state index contributed by atoms with van der Waals surface area (Å²) in [7, 11) is 0. The van der Waals surface area contributed by atoms with E-state index in [0.717, 1.165) is 36.5 Å². The van der Waals surface area contributed by atoms with Crippen molar-refractivity contribution in [3.8, 4) is 0 Å². The van der Waals surface area contributed by atoms with Crippen LogP contribution in [0.4, 0.5) is 0 Å². The van der Waals surface area contributed by atoms with E-state index in [4.69, 9.17) is 16.2 Å². The molecular formula is C27H50N2O. The summed E-state index contributed by atoms with van der Waals surface area (Å²) in [6, 6.07) is 0.915. The van der Waals surface area contributed by atoms with Gasteiger partial charge in [-0.3, -0.25) is 0 Å². The van der Waals surface area contributed by atoms with Crippen LogP contribution in [0.25, 0.3) is 0 Å². The van der Waals surface area contributed by atoms with Gasteiger partial charge in [-0.25, -0.2) is 0 Å². The Morgan fingerprint density at radius 3 is 1.30 bits per heavy atom. The summed E-state index contributed by atoms with van der Waals surface area (Å²) in [6.07, 6.45) is 22.3. The molecule has 0 saturated heterocycles. The van der Waals surface area contributed by atoms with Gasteiger partial charge in [0, 0.05) is 12.1 Å². The fourth-order valence-electron chi connectivity index (χ4n) is 7.72. The Balaban J connectivity index is 1.20. The summed E-state index contributed by atoms with van der Waals surface area (Å²) in [6.45, 7) is 5.21. The largest absolute Gasteiger partial charge is 0.375 e. The predicted molar refractivity (Wildman–Crippen MR) is 126 cm³/mol. The summed E-state index contributed by atoms with van der Waals surface area (Å²) in [5.41, 5.74) is 12.7. The van der Waals surface area contributed by atoms with Gasteiger partial charge >= 0.3 is 0 Å². The van der Waals surface area contributed by atoms with Crippen molar-refractivity contribution in [1.29, 1.82) is 0 Å². The van der Waals surface area contributed by atoms with E-state index in [1.54, 1.807) is 0 Å². The molecular weight excluding hydrogens is 368 g/mol. The van der Waals surface area contributed by atoms with Crippen LogP contribution >= 0.6 is 0 Å². The minimum absolute atomic E-state index is 0.423. The van der Waals surface area contributed by atoms with Gasteiger partial charge < -0.3 is 16.2 Å². The molecule has 0 unspecified atom stereocenters. The lowest BCUT2D eigenvalue weighted by atomic mass is 9.58.